The van der Waals surface area contributed by atoms with Crippen molar-refractivity contribution in [2.45, 2.75) is 12.0 Å². The van der Waals surface area contributed by atoms with Crippen LogP contribution in [0.2, 0.25) is 0 Å². The fraction of sp³-hybridized carbons (Fsp3) is 0.125. The van der Waals surface area contributed by atoms with Gasteiger partial charge in [0.2, 0.25) is 0 Å². The molecule has 0 aliphatic carbocycles. The van der Waals surface area contributed by atoms with Gasteiger partial charge in [0, 0.05) is 11.1 Å². The molecule has 6 heteroatoms. The summed E-state index contributed by atoms with van der Waals surface area (Å²) in [5.74, 6) is -3.92. The van der Waals surface area contributed by atoms with Gasteiger partial charge in [0.25, 0.3) is 5.91 Å². The van der Waals surface area contributed by atoms with Crippen LogP contribution >= 0.6 is 0 Å². The minimum absolute atomic E-state index is 0.0414. The van der Waals surface area contributed by atoms with Gasteiger partial charge in [-0.1, -0.05) is 36.4 Å². The number of halogens is 1. The first kappa shape index (κ1) is 14.2. The number of carboxylic acid groups (broad SMARTS) is 1. The summed E-state index contributed by atoms with van der Waals surface area (Å²) in [4.78, 5) is 23.9. The smallest absolute Gasteiger partial charge is 0.313 e. The van der Waals surface area contributed by atoms with Gasteiger partial charge in [-0.3, -0.25) is 14.8 Å². The molecule has 1 aliphatic rings. The van der Waals surface area contributed by atoms with Crippen LogP contribution in [-0.2, 0) is 4.79 Å². The van der Waals surface area contributed by atoms with Crippen LogP contribution in [0.15, 0.2) is 48.5 Å². The number of amides is 1. The van der Waals surface area contributed by atoms with Gasteiger partial charge < -0.3 is 5.11 Å². The number of rotatable bonds is 2. The second-order valence-electron chi connectivity index (χ2n) is 5.02. The molecule has 2 atom stereocenters. The lowest BCUT2D eigenvalue weighted by Gasteiger charge is -2.36. The lowest BCUT2D eigenvalue weighted by atomic mass is 9.81. The van der Waals surface area contributed by atoms with Crippen LogP contribution < -0.4 is 0 Å². The molecule has 0 unspecified atom stereocenters. The molecule has 0 bridgehead atoms. The normalized spacial score (nSPS) is 20.6. The summed E-state index contributed by atoms with van der Waals surface area (Å²) >= 11 is 0. The molecule has 0 saturated heterocycles. The van der Waals surface area contributed by atoms with Gasteiger partial charge in [-0.25, -0.2) is 9.45 Å². The third-order valence-electron chi connectivity index (χ3n) is 3.80. The molecule has 22 heavy (non-hydrogen) atoms. The van der Waals surface area contributed by atoms with Crippen LogP contribution in [0, 0.1) is 5.82 Å². The SMILES string of the molecule is O=C(O)[C@H]1c2ccccc2C(=O)N(O)[C@@H]1c1ccccc1F. The lowest BCUT2D eigenvalue weighted by Crippen LogP contribution is -2.43. The Morgan fingerprint density at radius 2 is 1.64 bits per heavy atom. The average Bonchev–Trinajstić information content (AvgIpc) is 2.51. The first-order valence-corrected chi connectivity index (χ1v) is 6.61. The summed E-state index contributed by atoms with van der Waals surface area (Å²) in [6.07, 6.45) is 0. The standard InChI is InChI=1S/C16H12FNO4/c17-12-8-4-3-7-11(12)14-13(16(20)21)9-5-1-2-6-10(9)15(19)18(14)22/h1-8,13-14,22H,(H,20,21)/t13-,14+/m0/s1. The molecule has 0 fully saturated rings. The van der Waals surface area contributed by atoms with E-state index in [2.05, 4.69) is 0 Å². The van der Waals surface area contributed by atoms with Crippen LogP contribution in [0.1, 0.15) is 33.4 Å². The van der Waals surface area contributed by atoms with E-state index in [1.165, 1.54) is 30.3 Å². The fourth-order valence-electron chi connectivity index (χ4n) is 2.82. The van der Waals surface area contributed by atoms with Crippen LogP contribution in [0.3, 0.4) is 0 Å². The van der Waals surface area contributed by atoms with Gasteiger partial charge in [-0.05, 0) is 17.7 Å². The quantitative estimate of drug-likeness (QED) is 0.836. The minimum atomic E-state index is -1.32. The number of carbonyl (C=O) groups is 2. The topological polar surface area (TPSA) is 77.8 Å². The predicted octanol–water partition coefficient (Wildman–Crippen LogP) is 2.58. The molecule has 0 aromatic heterocycles. The molecule has 112 valence electrons. The number of nitrogens with zero attached hydrogens (tertiary/aromatic N) is 1. The number of fused-ring (bicyclic) bond motifs is 1. The Morgan fingerprint density at radius 1 is 1.05 bits per heavy atom. The van der Waals surface area contributed by atoms with Crippen molar-refractivity contribution in [1.82, 2.24) is 5.06 Å². The highest BCUT2D eigenvalue weighted by Crippen LogP contribution is 2.42. The van der Waals surface area contributed by atoms with Crippen molar-refractivity contribution in [3.05, 3.63) is 71.0 Å². The van der Waals surface area contributed by atoms with Crippen LogP contribution in [0.4, 0.5) is 4.39 Å². The maximum absolute atomic E-state index is 14.0. The molecule has 0 spiro atoms. The molecule has 1 amide bonds. The second kappa shape index (κ2) is 5.23. The number of aliphatic carboxylic acids is 1. The highest BCUT2D eigenvalue weighted by molar-refractivity contribution is 5.99. The molecule has 0 saturated carbocycles. The van der Waals surface area contributed by atoms with Crippen LogP contribution in [0.5, 0.6) is 0 Å². The zero-order valence-electron chi connectivity index (χ0n) is 11.3. The van der Waals surface area contributed by atoms with Crippen molar-refractivity contribution in [3.8, 4) is 0 Å². The third kappa shape index (κ3) is 2.05. The monoisotopic (exact) mass is 301 g/mol. The summed E-state index contributed by atoms with van der Waals surface area (Å²) in [6.45, 7) is 0. The van der Waals surface area contributed by atoms with Gasteiger partial charge in [-0.2, -0.15) is 0 Å². The van der Waals surface area contributed by atoms with E-state index in [1.807, 2.05) is 0 Å². The lowest BCUT2D eigenvalue weighted by molar-refractivity contribution is -0.149. The molecule has 2 aromatic carbocycles. The highest BCUT2D eigenvalue weighted by Gasteiger charge is 2.45. The zero-order valence-corrected chi connectivity index (χ0v) is 11.3. The summed E-state index contributed by atoms with van der Waals surface area (Å²) < 4.78 is 14.0. The third-order valence-corrected chi connectivity index (χ3v) is 3.80. The summed E-state index contributed by atoms with van der Waals surface area (Å²) in [5, 5.41) is 20.0. The minimum Gasteiger partial charge on any atom is -0.481 e. The molecule has 2 N–H and O–H groups in total. The zero-order chi connectivity index (χ0) is 15.9. The van der Waals surface area contributed by atoms with Crippen molar-refractivity contribution in [2.75, 3.05) is 0 Å². The van der Waals surface area contributed by atoms with E-state index in [0.717, 1.165) is 6.07 Å². The molecule has 5 nitrogen and oxygen atoms in total. The first-order chi connectivity index (χ1) is 10.5. The molecular weight excluding hydrogens is 289 g/mol. The van der Waals surface area contributed by atoms with E-state index >= 15 is 0 Å². The van der Waals surface area contributed by atoms with Crippen molar-refractivity contribution >= 4 is 11.9 Å². The summed E-state index contributed by atoms with van der Waals surface area (Å²) in [5.41, 5.74) is 0.323. The summed E-state index contributed by atoms with van der Waals surface area (Å²) in [7, 11) is 0. The van der Waals surface area contributed by atoms with Gasteiger partial charge in [0.1, 0.15) is 17.8 Å². The number of carbonyl (C=O) groups excluding carboxylic acids is 1. The van der Waals surface area contributed by atoms with Crippen molar-refractivity contribution in [1.29, 1.82) is 0 Å². The maximum Gasteiger partial charge on any atom is 0.313 e. The average molecular weight is 301 g/mol. The highest BCUT2D eigenvalue weighted by atomic mass is 19.1. The van der Waals surface area contributed by atoms with Crippen LogP contribution in [-0.4, -0.2) is 27.3 Å². The van der Waals surface area contributed by atoms with Gasteiger partial charge in [-0.15, -0.1) is 0 Å². The number of hydroxylamine groups is 2. The van der Waals surface area contributed by atoms with E-state index in [1.54, 1.807) is 12.1 Å². The fourth-order valence-corrected chi connectivity index (χ4v) is 2.82. The predicted molar refractivity (Wildman–Crippen MR) is 73.9 cm³/mol. The Balaban J connectivity index is 2.24. The van der Waals surface area contributed by atoms with E-state index in [9.17, 15) is 24.3 Å². The molecule has 2 aromatic rings. The maximum atomic E-state index is 14.0. The first-order valence-electron chi connectivity index (χ1n) is 6.61. The Labute approximate surface area is 125 Å². The van der Waals surface area contributed by atoms with Crippen LogP contribution in [0.25, 0.3) is 0 Å². The molecule has 0 radical (unpaired) electrons. The van der Waals surface area contributed by atoms with Crippen molar-refractivity contribution < 1.29 is 24.3 Å². The molecule has 1 aliphatic heterocycles. The Bertz CT molecular complexity index is 761. The Kier molecular flexibility index (Phi) is 3.38. The van der Waals surface area contributed by atoms with E-state index in [0.29, 0.717) is 5.06 Å². The Morgan fingerprint density at radius 3 is 2.27 bits per heavy atom. The van der Waals surface area contributed by atoms with Gasteiger partial charge in [0.15, 0.2) is 0 Å². The largest absolute Gasteiger partial charge is 0.481 e. The second-order valence-corrected chi connectivity index (χ2v) is 5.02. The van der Waals surface area contributed by atoms with Gasteiger partial charge >= 0.3 is 5.97 Å². The molecular formula is C16H12FNO4. The van der Waals surface area contributed by atoms with Gasteiger partial charge in [0.05, 0.1) is 0 Å². The number of carboxylic acids is 1. The van der Waals surface area contributed by atoms with Crippen molar-refractivity contribution in [3.63, 3.8) is 0 Å². The molecule has 3 rings (SSSR count). The van der Waals surface area contributed by atoms with E-state index < -0.39 is 29.7 Å². The summed E-state index contributed by atoms with van der Waals surface area (Å²) in [6, 6.07) is 10.3. The number of hydrogen-bond donors (Lipinski definition) is 2. The number of hydrogen-bond acceptors (Lipinski definition) is 3. The van der Waals surface area contributed by atoms with E-state index in [4.69, 9.17) is 0 Å². The van der Waals surface area contributed by atoms with E-state index in [-0.39, 0.29) is 16.7 Å². The molecule has 1 heterocycles. The van der Waals surface area contributed by atoms with Crippen molar-refractivity contribution in [2.24, 2.45) is 0 Å². The Hall–Kier alpha value is -2.73. The number of benzene rings is 2.